The van der Waals surface area contributed by atoms with E-state index in [9.17, 15) is 9.18 Å². The van der Waals surface area contributed by atoms with Crippen molar-refractivity contribution in [1.29, 1.82) is 0 Å². The molecule has 0 unspecified atom stereocenters. The van der Waals surface area contributed by atoms with Crippen LogP contribution in [-0.4, -0.2) is 50.5 Å². The molecule has 1 amide bonds. The average Bonchev–Trinajstić information content (AvgIpc) is 3.40. The summed E-state index contributed by atoms with van der Waals surface area (Å²) in [6.07, 6.45) is 7.12. The second-order valence-electron chi connectivity index (χ2n) is 8.63. The Bertz CT molecular complexity index is 1080. The van der Waals surface area contributed by atoms with Crippen LogP contribution in [0.2, 0.25) is 0 Å². The van der Waals surface area contributed by atoms with Gasteiger partial charge in [-0.05, 0) is 50.3 Å². The highest BCUT2D eigenvalue weighted by Crippen LogP contribution is 2.31. The first-order valence-corrected chi connectivity index (χ1v) is 12.5. The molecule has 0 bridgehead atoms. The summed E-state index contributed by atoms with van der Waals surface area (Å²) in [6, 6.07) is 10.7. The second kappa shape index (κ2) is 9.99. The van der Waals surface area contributed by atoms with Crippen molar-refractivity contribution >= 4 is 23.6 Å². The zero-order valence-electron chi connectivity index (χ0n) is 18.5. The zero-order valence-corrected chi connectivity index (χ0v) is 19.3. The van der Waals surface area contributed by atoms with Crippen LogP contribution < -0.4 is 4.90 Å². The number of benzene rings is 1. The third-order valence-electron chi connectivity index (χ3n) is 6.16. The van der Waals surface area contributed by atoms with E-state index in [0.29, 0.717) is 23.8 Å². The summed E-state index contributed by atoms with van der Waals surface area (Å²) in [4.78, 5) is 17.2. The Kier molecular flexibility index (Phi) is 6.66. The Labute approximate surface area is 197 Å². The van der Waals surface area contributed by atoms with Crippen LogP contribution in [0.3, 0.4) is 0 Å². The lowest BCUT2D eigenvalue weighted by atomic mass is 10.1. The summed E-state index contributed by atoms with van der Waals surface area (Å²) in [5.41, 5.74) is 0.552. The maximum atomic E-state index is 14.2. The van der Waals surface area contributed by atoms with Gasteiger partial charge in [-0.25, -0.2) is 4.39 Å². The van der Waals surface area contributed by atoms with Crippen LogP contribution in [0.15, 0.2) is 52.2 Å². The monoisotopic (exact) mass is 469 g/mol. The molecule has 3 heterocycles. The summed E-state index contributed by atoms with van der Waals surface area (Å²) < 4.78 is 21.8. The Morgan fingerprint density at radius 3 is 2.67 bits per heavy atom. The normalized spacial score (nSPS) is 16.2. The first kappa shape index (κ1) is 22.0. The van der Waals surface area contributed by atoms with E-state index in [1.54, 1.807) is 18.4 Å². The molecule has 5 rings (SSSR count). The van der Waals surface area contributed by atoms with Gasteiger partial charge in [-0.2, -0.15) is 0 Å². The summed E-state index contributed by atoms with van der Waals surface area (Å²) in [7, 11) is 0. The third kappa shape index (κ3) is 5.24. The van der Waals surface area contributed by atoms with Crippen molar-refractivity contribution in [1.82, 2.24) is 19.7 Å². The molecule has 33 heavy (non-hydrogen) atoms. The largest absolute Gasteiger partial charge is 0.467 e. The van der Waals surface area contributed by atoms with Gasteiger partial charge in [-0.15, -0.1) is 10.2 Å². The van der Waals surface area contributed by atoms with Crippen molar-refractivity contribution < 1.29 is 13.6 Å². The van der Waals surface area contributed by atoms with E-state index in [1.165, 1.54) is 24.2 Å². The van der Waals surface area contributed by atoms with Gasteiger partial charge in [-0.3, -0.25) is 9.36 Å². The molecule has 1 aliphatic heterocycles. The number of thioether (sulfide) groups is 1. The number of nitrogens with zero attached hydrogens (tertiary/aromatic N) is 5. The highest BCUT2D eigenvalue weighted by atomic mass is 32.2. The van der Waals surface area contributed by atoms with Gasteiger partial charge in [0.25, 0.3) is 0 Å². The molecule has 0 N–H and O–H groups in total. The number of carbonyl (C=O) groups is 1. The Hall–Kier alpha value is -2.81. The molecule has 0 radical (unpaired) electrons. The Balaban J connectivity index is 1.31. The lowest BCUT2D eigenvalue weighted by molar-refractivity contribution is -0.129. The van der Waals surface area contributed by atoms with E-state index in [1.807, 2.05) is 27.7 Å². The molecule has 2 aliphatic rings. The summed E-state index contributed by atoms with van der Waals surface area (Å²) in [6.45, 7) is 2.73. The van der Waals surface area contributed by atoms with Crippen molar-refractivity contribution in [2.45, 2.75) is 56.4 Å². The predicted molar refractivity (Wildman–Crippen MR) is 125 cm³/mol. The van der Waals surface area contributed by atoms with Crippen molar-refractivity contribution in [3.8, 4) is 0 Å². The summed E-state index contributed by atoms with van der Waals surface area (Å²) in [5.74, 6) is 1.61. The molecule has 0 spiro atoms. The topological polar surface area (TPSA) is 67.4 Å². The zero-order chi connectivity index (χ0) is 22.6. The summed E-state index contributed by atoms with van der Waals surface area (Å²) in [5, 5.41) is 9.59. The number of hydrogen-bond donors (Lipinski definition) is 0. The van der Waals surface area contributed by atoms with E-state index >= 15 is 0 Å². The molecule has 0 atom stereocenters. The SMILES string of the molecule is O=C(CSc1nnc(N2CCCCC2)n1Cc1ccco1)N(Cc1ccccc1F)C1CC1. The Morgan fingerprint density at radius 1 is 1.12 bits per heavy atom. The van der Waals surface area contributed by atoms with Crippen LogP contribution in [0.5, 0.6) is 0 Å². The van der Waals surface area contributed by atoms with Crippen molar-refractivity contribution in [3.05, 3.63) is 59.8 Å². The molecule has 1 aromatic carbocycles. The minimum Gasteiger partial charge on any atom is -0.467 e. The van der Waals surface area contributed by atoms with Crippen LogP contribution in [-0.2, 0) is 17.9 Å². The van der Waals surface area contributed by atoms with Crippen molar-refractivity contribution in [2.24, 2.45) is 0 Å². The van der Waals surface area contributed by atoms with Gasteiger partial charge in [0.2, 0.25) is 11.9 Å². The van der Waals surface area contributed by atoms with Gasteiger partial charge in [0.15, 0.2) is 5.16 Å². The lowest BCUT2D eigenvalue weighted by Crippen LogP contribution is -2.34. The number of carbonyl (C=O) groups excluding carboxylic acids is 1. The molecule has 3 aromatic rings. The molecule has 7 nitrogen and oxygen atoms in total. The first-order valence-electron chi connectivity index (χ1n) is 11.6. The second-order valence-corrected chi connectivity index (χ2v) is 9.57. The van der Waals surface area contributed by atoms with E-state index < -0.39 is 0 Å². The summed E-state index contributed by atoms with van der Waals surface area (Å²) >= 11 is 1.39. The number of piperidine rings is 1. The van der Waals surface area contributed by atoms with Crippen LogP contribution in [0.4, 0.5) is 10.3 Å². The van der Waals surface area contributed by atoms with Crippen LogP contribution >= 0.6 is 11.8 Å². The molecule has 1 saturated heterocycles. The van der Waals surface area contributed by atoms with Gasteiger partial charge < -0.3 is 14.2 Å². The standard InChI is InChI=1S/C24H28FN5O2S/c25-21-9-3-2-7-18(21)15-29(19-10-11-19)22(31)17-33-24-27-26-23(28-12-4-1-5-13-28)30(24)16-20-8-6-14-32-20/h2-3,6-9,14,19H,1,4-5,10-13,15-17H2. The smallest absolute Gasteiger partial charge is 0.233 e. The minimum absolute atomic E-state index is 0.00201. The maximum absolute atomic E-state index is 14.2. The van der Waals surface area contributed by atoms with E-state index in [4.69, 9.17) is 4.42 Å². The van der Waals surface area contributed by atoms with Gasteiger partial charge in [0, 0.05) is 31.2 Å². The van der Waals surface area contributed by atoms with Crippen LogP contribution in [0.1, 0.15) is 43.4 Å². The number of halogens is 1. The number of aromatic nitrogens is 3. The fourth-order valence-corrected chi connectivity index (χ4v) is 5.06. The highest BCUT2D eigenvalue weighted by molar-refractivity contribution is 7.99. The molecule has 9 heteroatoms. The molecule has 2 aromatic heterocycles. The molecular weight excluding hydrogens is 441 g/mol. The van der Waals surface area contributed by atoms with Crippen LogP contribution in [0.25, 0.3) is 0 Å². The number of rotatable bonds is 9. The van der Waals surface area contributed by atoms with Gasteiger partial charge >= 0.3 is 0 Å². The fraction of sp³-hybridized carbons (Fsp3) is 0.458. The van der Waals surface area contributed by atoms with E-state index in [2.05, 4.69) is 15.1 Å². The van der Waals surface area contributed by atoms with Crippen molar-refractivity contribution in [3.63, 3.8) is 0 Å². The third-order valence-corrected chi connectivity index (χ3v) is 7.11. The molecular formula is C24H28FN5O2S. The van der Waals surface area contributed by atoms with Gasteiger partial charge in [0.1, 0.15) is 11.6 Å². The maximum Gasteiger partial charge on any atom is 0.233 e. The molecule has 174 valence electrons. The number of furan rings is 1. The average molecular weight is 470 g/mol. The first-order chi connectivity index (χ1) is 16.2. The Morgan fingerprint density at radius 2 is 1.94 bits per heavy atom. The quantitative estimate of drug-likeness (QED) is 0.435. The highest BCUT2D eigenvalue weighted by Gasteiger charge is 2.33. The van der Waals surface area contributed by atoms with Crippen molar-refractivity contribution in [2.75, 3.05) is 23.7 Å². The molecule has 1 aliphatic carbocycles. The predicted octanol–water partition coefficient (Wildman–Crippen LogP) is 4.33. The number of hydrogen-bond acceptors (Lipinski definition) is 6. The fourth-order valence-electron chi connectivity index (χ4n) is 4.24. The minimum atomic E-state index is -0.270. The van der Waals surface area contributed by atoms with Gasteiger partial charge in [0.05, 0.1) is 18.6 Å². The lowest BCUT2D eigenvalue weighted by Gasteiger charge is -2.27. The number of amides is 1. The van der Waals surface area contributed by atoms with E-state index in [-0.39, 0.29) is 23.5 Å². The molecule has 1 saturated carbocycles. The van der Waals surface area contributed by atoms with E-state index in [0.717, 1.165) is 50.5 Å². The number of anilines is 1. The molecule has 2 fully saturated rings. The van der Waals surface area contributed by atoms with Gasteiger partial charge in [-0.1, -0.05) is 30.0 Å². The van der Waals surface area contributed by atoms with Crippen LogP contribution in [0, 0.1) is 5.82 Å².